The third kappa shape index (κ3) is 4.84. The Morgan fingerprint density at radius 3 is 2.38 bits per heavy atom. The van der Waals surface area contributed by atoms with E-state index in [1.165, 1.54) is 12.3 Å². The molecule has 0 saturated carbocycles. The number of carbonyl (C=O) groups is 2. The molecule has 0 aliphatic heterocycles. The van der Waals surface area contributed by atoms with Gasteiger partial charge in [-0.05, 0) is 51.5 Å². The first kappa shape index (κ1) is 17.5. The van der Waals surface area contributed by atoms with Gasteiger partial charge < -0.3 is 15.1 Å². The molecule has 0 aliphatic carbocycles. The highest BCUT2D eigenvalue weighted by Crippen LogP contribution is 2.11. The Morgan fingerprint density at radius 1 is 1.08 bits per heavy atom. The highest BCUT2D eigenvalue weighted by Gasteiger charge is 2.20. The summed E-state index contributed by atoms with van der Waals surface area (Å²) in [7, 11) is 0. The minimum absolute atomic E-state index is 0.133. The molecular formula is C19H22N2O3. The molecule has 5 heteroatoms. The molecule has 126 valence electrons. The van der Waals surface area contributed by atoms with Crippen LogP contribution in [-0.4, -0.2) is 17.4 Å². The van der Waals surface area contributed by atoms with E-state index in [-0.39, 0.29) is 17.5 Å². The highest BCUT2D eigenvalue weighted by molar-refractivity contribution is 6.05. The average molecular weight is 326 g/mol. The van der Waals surface area contributed by atoms with Crippen LogP contribution < -0.4 is 10.6 Å². The Labute approximate surface area is 141 Å². The summed E-state index contributed by atoms with van der Waals surface area (Å²) in [4.78, 5) is 25.0. The Kier molecular flexibility index (Phi) is 5.24. The maximum absolute atomic E-state index is 12.5. The SMILES string of the molecule is Cc1ccccc1C(=O)N/C(=C\c1ccco1)C(=O)NC(C)(C)C. The number of nitrogens with one attached hydrogen (secondary N) is 2. The second-order valence-corrected chi connectivity index (χ2v) is 6.55. The van der Waals surface area contributed by atoms with E-state index in [9.17, 15) is 9.59 Å². The van der Waals surface area contributed by atoms with Crippen molar-refractivity contribution in [1.29, 1.82) is 0 Å². The quantitative estimate of drug-likeness (QED) is 0.847. The van der Waals surface area contributed by atoms with Crippen molar-refractivity contribution >= 4 is 17.9 Å². The van der Waals surface area contributed by atoms with Crippen molar-refractivity contribution in [3.05, 3.63) is 65.2 Å². The molecule has 2 rings (SSSR count). The fourth-order valence-corrected chi connectivity index (χ4v) is 2.10. The van der Waals surface area contributed by atoms with E-state index in [0.29, 0.717) is 11.3 Å². The Hall–Kier alpha value is -2.82. The van der Waals surface area contributed by atoms with Gasteiger partial charge in [0.05, 0.1) is 6.26 Å². The van der Waals surface area contributed by atoms with Gasteiger partial charge in [-0.2, -0.15) is 0 Å². The molecule has 24 heavy (non-hydrogen) atoms. The van der Waals surface area contributed by atoms with Gasteiger partial charge in [0.2, 0.25) is 0 Å². The lowest BCUT2D eigenvalue weighted by atomic mass is 10.1. The predicted octanol–water partition coefficient (Wildman–Crippen LogP) is 3.27. The van der Waals surface area contributed by atoms with Crippen molar-refractivity contribution in [2.24, 2.45) is 0 Å². The van der Waals surface area contributed by atoms with Gasteiger partial charge in [-0.15, -0.1) is 0 Å². The van der Waals surface area contributed by atoms with Crippen LogP contribution in [0.4, 0.5) is 0 Å². The zero-order chi connectivity index (χ0) is 17.7. The first-order valence-corrected chi connectivity index (χ1v) is 7.71. The summed E-state index contributed by atoms with van der Waals surface area (Å²) in [5.41, 5.74) is 1.07. The smallest absolute Gasteiger partial charge is 0.268 e. The van der Waals surface area contributed by atoms with E-state index in [1.54, 1.807) is 24.3 Å². The fourth-order valence-electron chi connectivity index (χ4n) is 2.10. The number of aryl methyl sites for hydroxylation is 1. The van der Waals surface area contributed by atoms with Crippen LogP contribution in [0, 0.1) is 6.92 Å². The van der Waals surface area contributed by atoms with Gasteiger partial charge in [-0.25, -0.2) is 0 Å². The average Bonchev–Trinajstić information content (AvgIpc) is 2.98. The maximum atomic E-state index is 12.5. The number of amides is 2. The highest BCUT2D eigenvalue weighted by atomic mass is 16.3. The lowest BCUT2D eigenvalue weighted by Gasteiger charge is -2.22. The van der Waals surface area contributed by atoms with Crippen LogP contribution in [0.15, 0.2) is 52.8 Å². The van der Waals surface area contributed by atoms with Crippen molar-refractivity contribution in [2.45, 2.75) is 33.2 Å². The third-order valence-electron chi connectivity index (χ3n) is 3.20. The summed E-state index contributed by atoms with van der Waals surface area (Å²) in [6.07, 6.45) is 3.02. The van der Waals surface area contributed by atoms with E-state index >= 15 is 0 Å². The number of hydrogen-bond donors (Lipinski definition) is 2. The predicted molar refractivity (Wildman–Crippen MR) is 93.2 cm³/mol. The zero-order valence-corrected chi connectivity index (χ0v) is 14.3. The lowest BCUT2D eigenvalue weighted by Crippen LogP contribution is -2.44. The molecule has 1 aromatic heterocycles. The molecule has 2 N–H and O–H groups in total. The molecule has 0 saturated heterocycles. The van der Waals surface area contributed by atoms with Crippen LogP contribution in [0.25, 0.3) is 6.08 Å². The van der Waals surface area contributed by atoms with Gasteiger partial charge in [-0.1, -0.05) is 18.2 Å². The minimum Gasteiger partial charge on any atom is -0.465 e. The Bertz CT molecular complexity index is 753. The molecule has 2 amide bonds. The monoisotopic (exact) mass is 326 g/mol. The summed E-state index contributed by atoms with van der Waals surface area (Å²) in [6.45, 7) is 7.47. The van der Waals surface area contributed by atoms with Crippen LogP contribution in [0.2, 0.25) is 0 Å². The van der Waals surface area contributed by atoms with Crippen LogP contribution in [0.5, 0.6) is 0 Å². The number of rotatable bonds is 4. The molecule has 0 radical (unpaired) electrons. The molecule has 0 spiro atoms. The Morgan fingerprint density at radius 2 is 1.79 bits per heavy atom. The number of carbonyl (C=O) groups excluding carboxylic acids is 2. The maximum Gasteiger partial charge on any atom is 0.268 e. The van der Waals surface area contributed by atoms with Crippen molar-refractivity contribution in [3.63, 3.8) is 0 Å². The van der Waals surface area contributed by atoms with Crippen molar-refractivity contribution in [2.75, 3.05) is 0 Å². The van der Waals surface area contributed by atoms with Gasteiger partial charge in [-0.3, -0.25) is 9.59 Å². The molecule has 0 fully saturated rings. The molecule has 1 aromatic carbocycles. The summed E-state index contributed by atoms with van der Waals surface area (Å²) in [6, 6.07) is 10.6. The van der Waals surface area contributed by atoms with Gasteiger partial charge >= 0.3 is 0 Å². The summed E-state index contributed by atoms with van der Waals surface area (Å²) < 4.78 is 5.25. The normalized spacial score (nSPS) is 11.9. The Balaban J connectivity index is 2.28. The van der Waals surface area contributed by atoms with Crippen molar-refractivity contribution in [1.82, 2.24) is 10.6 Å². The van der Waals surface area contributed by atoms with Gasteiger partial charge in [0, 0.05) is 17.2 Å². The molecular weight excluding hydrogens is 304 g/mol. The third-order valence-corrected chi connectivity index (χ3v) is 3.20. The summed E-state index contributed by atoms with van der Waals surface area (Å²) >= 11 is 0. The minimum atomic E-state index is -0.424. The number of furan rings is 1. The molecule has 0 aliphatic rings. The van der Waals surface area contributed by atoms with Gasteiger partial charge in [0.1, 0.15) is 11.5 Å². The largest absolute Gasteiger partial charge is 0.465 e. The summed E-state index contributed by atoms with van der Waals surface area (Å²) in [5.74, 6) is -0.227. The van der Waals surface area contributed by atoms with Crippen LogP contribution in [0.1, 0.15) is 42.5 Å². The lowest BCUT2D eigenvalue weighted by molar-refractivity contribution is -0.119. The topological polar surface area (TPSA) is 71.3 Å². The van der Waals surface area contributed by atoms with Gasteiger partial charge in [0.15, 0.2) is 0 Å². The van der Waals surface area contributed by atoms with Gasteiger partial charge in [0.25, 0.3) is 11.8 Å². The first-order chi connectivity index (χ1) is 11.3. The standard InChI is InChI=1S/C19H22N2O3/c1-13-8-5-6-10-15(13)17(22)20-16(12-14-9-7-11-24-14)18(23)21-19(2,3)4/h5-12H,1-4H3,(H,20,22)(H,21,23)/b16-12-. The molecule has 1 heterocycles. The van der Waals surface area contributed by atoms with Crippen molar-refractivity contribution in [3.8, 4) is 0 Å². The van der Waals surface area contributed by atoms with Crippen molar-refractivity contribution < 1.29 is 14.0 Å². The molecule has 0 bridgehead atoms. The van der Waals surface area contributed by atoms with Crippen LogP contribution in [-0.2, 0) is 4.79 Å². The van der Waals surface area contributed by atoms with Crippen LogP contribution >= 0.6 is 0 Å². The van der Waals surface area contributed by atoms with E-state index in [1.807, 2.05) is 39.8 Å². The van der Waals surface area contributed by atoms with E-state index in [2.05, 4.69) is 10.6 Å². The van der Waals surface area contributed by atoms with E-state index in [4.69, 9.17) is 4.42 Å². The van der Waals surface area contributed by atoms with E-state index in [0.717, 1.165) is 5.56 Å². The molecule has 0 atom stereocenters. The summed E-state index contributed by atoms with van der Waals surface area (Å²) in [5, 5.41) is 5.52. The fraction of sp³-hybridized carbons (Fsp3) is 0.263. The first-order valence-electron chi connectivity index (χ1n) is 7.71. The molecule has 2 aromatic rings. The molecule has 0 unspecified atom stereocenters. The number of hydrogen-bond acceptors (Lipinski definition) is 3. The van der Waals surface area contributed by atoms with E-state index < -0.39 is 5.54 Å². The zero-order valence-electron chi connectivity index (χ0n) is 14.3. The second kappa shape index (κ2) is 7.17. The van der Waals surface area contributed by atoms with Crippen LogP contribution in [0.3, 0.4) is 0 Å². The number of benzene rings is 1. The molecule has 5 nitrogen and oxygen atoms in total. The second-order valence-electron chi connectivity index (χ2n) is 6.55.